The van der Waals surface area contributed by atoms with E-state index in [1.54, 1.807) is 0 Å². The lowest BCUT2D eigenvalue weighted by atomic mass is 9.90. The topological polar surface area (TPSA) is 79.7 Å². The molecule has 1 atom stereocenters. The Labute approximate surface area is 104 Å². The van der Waals surface area contributed by atoms with Gasteiger partial charge < -0.3 is 16.2 Å². The summed E-state index contributed by atoms with van der Waals surface area (Å²) in [5, 5.41) is 3.72. The molecule has 1 saturated heterocycles. The molecule has 5 N–H and O–H groups in total. The zero-order valence-corrected chi connectivity index (χ0v) is 11.2. The Bertz CT molecular complexity index is 303. The van der Waals surface area contributed by atoms with Crippen LogP contribution >= 0.6 is 0 Å². The normalized spacial score (nSPS) is 21.8. The molecule has 0 aliphatic carbocycles. The standard InChI is InChI=1S/C12H25N5/c1-9(8-12(2,3)4)17-7-5-6-10(17)11(15-13)16-14/h10H,1,5-8,13-14H2,2-4H3,(H,15,16). The van der Waals surface area contributed by atoms with Crippen molar-refractivity contribution >= 4 is 5.84 Å². The van der Waals surface area contributed by atoms with Crippen molar-refractivity contribution in [3.05, 3.63) is 12.3 Å². The summed E-state index contributed by atoms with van der Waals surface area (Å²) < 4.78 is 0. The predicted octanol–water partition coefficient (Wildman–Crippen LogP) is 1.14. The number of amidine groups is 1. The van der Waals surface area contributed by atoms with Gasteiger partial charge in [-0.05, 0) is 24.7 Å². The predicted molar refractivity (Wildman–Crippen MR) is 71.9 cm³/mol. The fourth-order valence-electron chi connectivity index (χ4n) is 2.36. The van der Waals surface area contributed by atoms with Gasteiger partial charge in [-0.2, -0.15) is 5.10 Å². The Hall–Kier alpha value is -1.23. The molecule has 1 fully saturated rings. The summed E-state index contributed by atoms with van der Waals surface area (Å²) in [6.45, 7) is 11.8. The Morgan fingerprint density at radius 3 is 2.65 bits per heavy atom. The van der Waals surface area contributed by atoms with Gasteiger partial charge in [0, 0.05) is 12.2 Å². The first-order valence-electron chi connectivity index (χ1n) is 6.08. The van der Waals surface area contributed by atoms with E-state index in [0.717, 1.165) is 31.5 Å². The SMILES string of the molecule is C=C(CC(C)(C)C)N1CCCC1/C(=N/N)NN. The molecule has 5 nitrogen and oxygen atoms in total. The molecule has 5 heteroatoms. The first-order valence-corrected chi connectivity index (χ1v) is 6.08. The monoisotopic (exact) mass is 239 g/mol. The van der Waals surface area contributed by atoms with E-state index in [9.17, 15) is 0 Å². The van der Waals surface area contributed by atoms with Crippen molar-refractivity contribution in [2.75, 3.05) is 6.54 Å². The summed E-state index contributed by atoms with van der Waals surface area (Å²) in [5.41, 5.74) is 3.96. The number of likely N-dealkylation sites (tertiary alicyclic amines) is 1. The summed E-state index contributed by atoms with van der Waals surface area (Å²) in [4.78, 5) is 2.26. The molecule has 0 saturated carbocycles. The number of hydrazine groups is 1. The maximum Gasteiger partial charge on any atom is 0.158 e. The highest BCUT2D eigenvalue weighted by molar-refractivity contribution is 5.87. The lowest BCUT2D eigenvalue weighted by Crippen LogP contribution is -2.46. The molecule has 0 aromatic carbocycles. The van der Waals surface area contributed by atoms with Gasteiger partial charge >= 0.3 is 0 Å². The molecule has 1 aliphatic heterocycles. The number of nitrogens with two attached hydrogens (primary N) is 2. The summed E-state index contributed by atoms with van der Waals surface area (Å²) >= 11 is 0. The molecule has 0 aromatic rings. The third-order valence-electron chi connectivity index (χ3n) is 3.00. The van der Waals surface area contributed by atoms with Crippen LogP contribution in [0, 0.1) is 5.41 Å². The van der Waals surface area contributed by atoms with Crippen molar-refractivity contribution in [1.29, 1.82) is 0 Å². The first-order chi connectivity index (χ1) is 7.89. The average Bonchev–Trinajstić information content (AvgIpc) is 2.66. The second-order valence-corrected chi connectivity index (χ2v) is 5.81. The van der Waals surface area contributed by atoms with Gasteiger partial charge in [0.15, 0.2) is 5.84 Å². The smallest absolute Gasteiger partial charge is 0.158 e. The van der Waals surface area contributed by atoms with Crippen molar-refractivity contribution in [3.63, 3.8) is 0 Å². The van der Waals surface area contributed by atoms with Gasteiger partial charge in [-0.25, -0.2) is 5.84 Å². The third kappa shape index (κ3) is 3.63. The minimum Gasteiger partial charge on any atom is -0.365 e. The van der Waals surface area contributed by atoms with Crippen LogP contribution in [0.3, 0.4) is 0 Å². The maximum atomic E-state index is 5.44. The van der Waals surface area contributed by atoms with E-state index in [4.69, 9.17) is 11.7 Å². The summed E-state index contributed by atoms with van der Waals surface area (Å²) in [5.74, 6) is 11.4. The van der Waals surface area contributed by atoms with Crippen LogP contribution in [0.1, 0.15) is 40.0 Å². The van der Waals surface area contributed by atoms with Crippen LogP contribution in [0.15, 0.2) is 17.4 Å². The molecular formula is C12H25N5. The number of hydrazone groups is 1. The Balaban J connectivity index is 2.73. The van der Waals surface area contributed by atoms with Gasteiger partial charge in [0.1, 0.15) is 0 Å². The van der Waals surface area contributed by atoms with Crippen LogP contribution in [0.4, 0.5) is 0 Å². The molecule has 0 radical (unpaired) electrons. The lowest BCUT2D eigenvalue weighted by Gasteiger charge is -2.32. The number of hydrogen-bond acceptors (Lipinski definition) is 4. The highest BCUT2D eigenvalue weighted by atomic mass is 15.3. The molecule has 1 aliphatic rings. The van der Waals surface area contributed by atoms with Crippen molar-refractivity contribution in [2.24, 2.45) is 22.2 Å². The van der Waals surface area contributed by atoms with E-state index >= 15 is 0 Å². The minimum absolute atomic E-state index is 0.153. The molecule has 1 heterocycles. The van der Waals surface area contributed by atoms with E-state index in [1.807, 2.05) is 0 Å². The minimum atomic E-state index is 0.153. The van der Waals surface area contributed by atoms with E-state index in [-0.39, 0.29) is 11.5 Å². The molecule has 17 heavy (non-hydrogen) atoms. The van der Waals surface area contributed by atoms with Gasteiger partial charge in [0.2, 0.25) is 0 Å². The zero-order valence-electron chi connectivity index (χ0n) is 11.2. The zero-order chi connectivity index (χ0) is 13.1. The number of nitrogens with zero attached hydrogens (tertiary/aromatic N) is 2. The van der Waals surface area contributed by atoms with E-state index in [2.05, 4.69) is 42.8 Å². The number of rotatable bonds is 3. The number of hydrogen-bond donors (Lipinski definition) is 3. The summed E-state index contributed by atoms with van der Waals surface area (Å²) in [7, 11) is 0. The van der Waals surface area contributed by atoms with E-state index in [1.165, 1.54) is 0 Å². The molecule has 0 amide bonds. The van der Waals surface area contributed by atoms with E-state index < -0.39 is 0 Å². The second kappa shape index (κ2) is 5.40. The molecule has 0 bridgehead atoms. The quantitative estimate of drug-likeness (QED) is 0.298. The van der Waals surface area contributed by atoms with Crippen LogP contribution in [0.25, 0.3) is 0 Å². The Morgan fingerprint density at radius 2 is 2.18 bits per heavy atom. The number of allylic oxidation sites excluding steroid dienone is 1. The molecular weight excluding hydrogens is 214 g/mol. The number of nitrogens with one attached hydrogen (secondary N) is 1. The maximum absolute atomic E-state index is 5.44. The van der Waals surface area contributed by atoms with Crippen LogP contribution in [0.2, 0.25) is 0 Å². The lowest BCUT2D eigenvalue weighted by molar-refractivity contribution is 0.307. The highest BCUT2D eigenvalue weighted by Gasteiger charge is 2.30. The fraction of sp³-hybridized carbons (Fsp3) is 0.750. The van der Waals surface area contributed by atoms with Crippen molar-refractivity contribution < 1.29 is 0 Å². The van der Waals surface area contributed by atoms with Crippen LogP contribution in [-0.4, -0.2) is 23.3 Å². The largest absolute Gasteiger partial charge is 0.365 e. The first kappa shape index (κ1) is 13.8. The van der Waals surface area contributed by atoms with Gasteiger partial charge in [0.05, 0.1) is 6.04 Å². The molecule has 98 valence electrons. The van der Waals surface area contributed by atoms with Crippen LogP contribution in [0.5, 0.6) is 0 Å². The van der Waals surface area contributed by atoms with E-state index in [0.29, 0.717) is 5.84 Å². The summed E-state index contributed by atoms with van der Waals surface area (Å²) in [6, 6.07) is 0.153. The van der Waals surface area contributed by atoms with Crippen LogP contribution in [-0.2, 0) is 0 Å². The van der Waals surface area contributed by atoms with Crippen LogP contribution < -0.4 is 17.1 Å². The van der Waals surface area contributed by atoms with Gasteiger partial charge in [-0.15, -0.1) is 0 Å². The third-order valence-corrected chi connectivity index (χ3v) is 3.00. The van der Waals surface area contributed by atoms with Crippen molar-refractivity contribution in [3.8, 4) is 0 Å². The average molecular weight is 239 g/mol. The van der Waals surface area contributed by atoms with Gasteiger partial charge in [-0.3, -0.25) is 0 Å². The highest BCUT2D eigenvalue weighted by Crippen LogP contribution is 2.30. The molecule has 1 rings (SSSR count). The molecule has 1 unspecified atom stereocenters. The summed E-state index contributed by atoms with van der Waals surface area (Å²) in [6.07, 6.45) is 3.10. The molecule has 0 spiro atoms. The Kier molecular flexibility index (Phi) is 4.40. The van der Waals surface area contributed by atoms with Gasteiger partial charge in [-0.1, -0.05) is 27.4 Å². The van der Waals surface area contributed by atoms with Crippen molar-refractivity contribution in [2.45, 2.75) is 46.1 Å². The van der Waals surface area contributed by atoms with Gasteiger partial charge in [0.25, 0.3) is 0 Å². The second-order valence-electron chi connectivity index (χ2n) is 5.81. The Morgan fingerprint density at radius 1 is 1.53 bits per heavy atom. The fourth-order valence-corrected chi connectivity index (χ4v) is 2.36. The molecule has 0 aromatic heterocycles. The van der Waals surface area contributed by atoms with Crippen molar-refractivity contribution in [1.82, 2.24) is 10.3 Å².